The standard InChI is InChI=1S/C24H22N2O4S/c1-15-5-3-4-6-20(15)23(28)25-18-9-11-19(12-10-18)31-14-22(27)26-21-13-17(24(29)30)8-7-16(21)2/h3-13H,14H2,1-2H3,(H,25,28)(H,26,27)(H,29,30). The van der Waals surface area contributed by atoms with Gasteiger partial charge in [-0.2, -0.15) is 0 Å². The van der Waals surface area contributed by atoms with E-state index in [2.05, 4.69) is 10.6 Å². The van der Waals surface area contributed by atoms with Crippen LogP contribution in [-0.4, -0.2) is 28.6 Å². The summed E-state index contributed by atoms with van der Waals surface area (Å²) in [5, 5.41) is 14.7. The van der Waals surface area contributed by atoms with Gasteiger partial charge in [-0.1, -0.05) is 24.3 Å². The van der Waals surface area contributed by atoms with Crippen molar-refractivity contribution in [3.05, 3.63) is 89.0 Å². The highest BCUT2D eigenvalue weighted by Crippen LogP contribution is 2.22. The summed E-state index contributed by atoms with van der Waals surface area (Å²) in [7, 11) is 0. The van der Waals surface area contributed by atoms with E-state index in [1.165, 1.54) is 23.9 Å². The van der Waals surface area contributed by atoms with Gasteiger partial charge in [0.25, 0.3) is 5.91 Å². The fourth-order valence-corrected chi connectivity index (χ4v) is 3.58. The van der Waals surface area contributed by atoms with Crippen LogP contribution in [0.2, 0.25) is 0 Å². The van der Waals surface area contributed by atoms with E-state index in [0.717, 1.165) is 16.0 Å². The van der Waals surface area contributed by atoms with Gasteiger partial charge in [0.2, 0.25) is 5.91 Å². The van der Waals surface area contributed by atoms with E-state index >= 15 is 0 Å². The maximum atomic E-state index is 12.4. The largest absolute Gasteiger partial charge is 0.478 e. The Bertz CT molecular complexity index is 1130. The molecule has 158 valence electrons. The van der Waals surface area contributed by atoms with Crippen molar-refractivity contribution in [1.29, 1.82) is 0 Å². The maximum Gasteiger partial charge on any atom is 0.335 e. The van der Waals surface area contributed by atoms with Gasteiger partial charge < -0.3 is 15.7 Å². The van der Waals surface area contributed by atoms with Crippen LogP contribution in [0.15, 0.2) is 71.6 Å². The van der Waals surface area contributed by atoms with E-state index in [0.29, 0.717) is 16.9 Å². The highest BCUT2D eigenvalue weighted by atomic mass is 32.2. The molecular formula is C24H22N2O4S. The minimum atomic E-state index is -1.04. The maximum absolute atomic E-state index is 12.4. The number of hydrogen-bond acceptors (Lipinski definition) is 4. The van der Waals surface area contributed by atoms with Crippen LogP contribution in [0.5, 0.6) is 0 Å². The van der Waals surface area contributed by atoms with Gasteiger partial charge >= 0.3 is 5.97 Å². The van der Waals surface area contributed by atoms with Crippen LogP contribution in [0, 0.1) is 13.8 Å². The molecule has 3 rings (SSSR count). The number of benzene rings is 3. The van der Waals surface area contributed by atoms with Gasteiger partial charge in [-0.3, -0.25) is 9.59 Å². The number of rotatable bonds is 7. The minimum absolute atomic E-state index is 0.122. The summed E-state index contributed by atoms with van der Waals surface area (Å²) >= 11 is 1.35. The Hall–Kier alpha value is -3.58. The van der Waals surface area contributed by atoms with Gasteiger partial charge in [0.05, 0.1) is 11.3 Å². The van der Waals surface area contributed by atoms with Crippen LogP contribution in [0.4, 0.5) is 11.4 Å². The topological polar surface area (TPSA) is 95.5 Å². The fraction of sp³-hybridized carbons (Fsp3) is 0.125. The number of hydrogen-bond donors (Lipinski definition) is 3. The van der Waals surface area contributed by atoms with E-state index < -0.39 is 5.97 Å². The molecule has 0 spiro atoms. The third-order valence-corrected chi connectivity index (χ3v) is 5.64. The SMILES string of the molecule is Cc1ccc(C(=O)O)cc1NC(=O)CSc1ccc(NC(=O)c2ccccc2C)cc1. The molecule has 31 heavy (non-hydrogen) atoms. The third-order valence-electron chi connectivity index (χ3n) is 4.63. The molecule has 3 N–H and O–H groups in total. The predicted octanol–water partition coefficient (Wildman–Crippen LogP) is 4.98. The number of aryl methyl sites for hydroxylation is 2. The van der Waals surface area contributed by atoms with E-state index in [-0.39, 0.29) is 23.1 Å². The summed E-state index contributed by atoms with van der Waals surface area (Å²) in [6.07, 6.45) is 0. The molecule has 3 aromatic rings. The quantitative estimate of drug-likeness (QED) is 0.456. The molecule has 0 saturated heterocycles. The summed E-state index contributed by atoms with van der Waals surface area (Å²) in [6, 6.07) is 19.2. The van der Waals surface area contributed by atoms with Gasteiger partial charge in [-0.25, -0.2) is 4.79 Å². The van der Waals surface area contributed by atoms with E-state index in [4.69, 9.17) is 5.11 Å². The zero-order valence-electron chi connectivity index (χ0n) is 17.1. The Morgan fingerprint density at radius 3 is 2.26 bits per heavy atom. The molecule has 3 aromatic carbocycles. The highest BCUT2D eigenvalue weighted by Gasteiger charge is 2.11. The van der Waals surface area contributed by atoms with Crippen LogP contribution in [0.3, 0.4) is 0 Å². The lowest BCUT2D eigenvalue weighted by atomic mass is 10.1. The molecule has 0 aromatic heterocycles. The second-order valence-corrected chi connectivity index (χ2v) is 8.01. The summed E-state index contributed by atoms with van der Waals surface area (Å²) in [5.74, 6) is -1.27. The summed E-state index contributed by atoms with van der Waals surface area (Å²) in [6.45, 7) is 3.69. The second kappa shape index (κ2) is 9.95. The lowest BCUT2D eigenvalue weighted by molar-refractivity contribution is -0.113. The van der Waals surface area contributed by atoms with Gasteiger partial charge in [0.15, 0.2) is 0 Å². The average molecular weight is 435 g/mol. The van der Waals surface area contributed by atoms with Crippen LogP contribution >= 0.6 is 11.8 Å². The number of aromatic carboxylic acids is 1. The number of thioether (sulfide) groups is 1. The number of carbonyl (C=O) groups is 3. The summed E-state index contributed by atoms with van der Waals surface area (Å²) in [5.41, 5.74) is 3.60. The number of anilines is 2. The van der Waals surface area contributed by atoms with Crippen molar-refractivity contribution in [3.8, 4) is 0 Å². The monoisotopic (exact) mass is 434 g/mol. The number of carboxylic acid groups (broad SMARTS) is 1. The number of carbonyl (C=O) groups excluding carboxylic acids is 2. The lowest BCUT2D eigenvalue weighted by Crippen LogP contribution is -2.15. The zero-order valence-corrected chi connectivity index (χ0v) is 18.0. The molecule has 0 atom stereocenters. The van der Waals surface area contributed by atoms with Crippen molar-refractivity contribution in [2.75, 3.05) is 16.4 Å². The predicted molar refractivity (Wildman–Crippen MR) is 123 cm³/mol. The molecule has 0 unspecified atom stereocenters. The molecule has 0 fully saturated rings. The molecule has 2 amide bonds. The van der Waals surface area contributed by atoms with Crippen LogP contribution in [0.1, 0.15) is 31.8 Å². The van der Waals surface area contributed by atoms with Gasteiger partial charge in [0, 0.05) is 21.8 Å². The molecule has 0 aliphatic carbocycles. The average Bonchev–Trinajstić information content (AvgIpc) is 2.75. The van der Waals surface area contributed by atoms with Crippen molar-refractivity contribution >= 4 is 40.9 Å². The molecule has 6 nitrogen and oxygen atoms in total. The molecule has 0 aliphatic heterocycles. The Kier molecular flexibility index (Phi) is 7.10. The summed E-state index contributed by atoms with van der Waals surface area (Å²) in [4.78, 5) is 36.7. The zero-order chi connectivity index (χ0) is 22.4. The van der Waals surface area contributed by atoms with E-state index in [1.807, 2.05) is 37.3 Å². The summed E-state index contributed by atoms with van der Waals surface area (Å²) < 4.78 is 0. The number of carboxylic acids is 1. The fourth-order valence-electron chi connectivity index (χ4n) is 2.89. The first-order valence-electron chi connectivity index (χ1n) is 9.57. The molecule has 0 aliphatic rings. The first kappa shape index (κ1) is 22.1. The van der Waals surface area contributed by atoms with E-state index in [9.17, 15) is 14.4 Å². The molecular weight excluding hydrogens is 412 g/mol. The Balaban J connectivity index is 1.55. The van der Waals surface area contributed by atoms with Crippen LogP contribution in [0.25, 0.3) is 0 Å². The van der Waals surface area contributed by atoms with Crippen molar-refractivity contribution < 1.29 is 19.5 Å². The number of amides is 2. The van der Waals surface area contributed by atoms with Crippen molar-refractivity contribution in [1.82, 2.24) is 0 Å². The Morgan fingerprint density at radius 1 is 0.871 bits per heavy atom. The van der Waals surface area contributed by atoms with Gasteiger partial charge in [-0.05, 0) is 67.4 Å². The smallest absolute Gasteiger partial charge is 0.335 e. The first-order valence-corrected chi connectivity index (χ1v) is 10.6. The lowest BCUT2D eigenvalue weighted by Gasteiger charge is -2.10. The third kappa shape index (κ3) is 5.96. The second-order valence-electron chi connectivity index (χ2n) is 6.97. The van der Waals surface area contributed by atoms with Crippen molar-refractivity contribution in [2.24, 2.45) is 0 Å². The Labute approximate surface area is 184 Å². The van der Waals surface area contributed by atoms with Crippen LogP contribution in [-0.2, 0) is 4.79 Å². The first-order chi connectivity index (χ1) is 14.8. The molecule has 0 heterocycles. The van der Waals surface area contributed by atoms with Crippen LogP contribution < -0.4 is 10.6 Å². The molecule has 0 radical (unpaired) electrons. The highest BCUT2D eigenvalue weighted by molar-refractivity contribution is 8.00. The molecule has 0 saturated carbocycles. The minimum Gasteiger partial charge on any atom is -0.478 e. The van der Waals surface area contributed by atoms with Crippen molar-refractivity contribution in [3.63, 3.8) is 0 Å². The van der Waals surface area contributed by atoms with Gasteiger partial charge in [-0.15, -0.1) is 11.8 Å². The Morgan fingerprint density at radius 2 is 1.58 bits per heavy atom. The normalized spacial score (nSPS) is 10.4. The van der Waals surface area contributed by atoms with Crippen molar-refractivity contribution in [2.45, 2.75) is 18.7 Å². The van der Waals surface area contributed by atoms with E-state index in [1.54, 1.807) is 31.2 Å². The molecule has 0 bridgehead atoms. The van der Waals surface area contributed by atoms with Gasteiger partial charge in [0.1, 0.15) is 0 Å². The molecule has 7 heteroatoms. The number of nitrogens with one attached hydrogen (secondary N) is 2.